The lowest BCUT2D eigenvalue weighted by Crippen LogP contribution is -2.27. The van der Waals surface area contributed by atoms with Crippen molar-refractivity contribution in [2.75, 3.05) is 5.75 Å². The highest BCUT2D eigenvalue weighted by molar-refractivity contribution is 7.99. The summed E-state index contributed by atoms with van der Waals surface area (Å²) in [6.45, 7) is 2.16. The van der Waals surface area contributed by atoms with Crippen molar-refractivity contribution in [3.8, 4) is 0 Å². The standard InChI is InChI=1S/C16H17ClN2S/c1-11(14-4-2-3-8-18-14)19-15-7-9-20-16-6-5-12(17)10-13(15)16/h2-6,8,10-11,15,19H,7,9H2,1H3/t11-,15?/m1/s1. The van der Waals surface area contributed by atoms with Gasteiger partial charge in [-0.1, -0.05) is 17.7 Å². The molecule has 0 amide bonds. The summed E-state index contributed by atoms with van der Waals surface area (Å²) < 4.78 is 0. The van der Waals surface area contributed by atoms with Crippen molar-refractivity contribution < 1.29 is 0 Å². The van der Waals surface area contributed by atoms with Crippen molar-refractivity contribution in [3.05, 3.63) is 58.9 Å². The van der Waals surface area contributed by atoms with E-state index in [0.717, 1.165) is 22.9 Å². The highest BCUT2D eigenvalue weighted by Crippen LogP contribution is 2.38. The number of benzene rings is 1. The van der Waals surface area contributed by atoms with Crippen LogP contribution in [0.4, 0.5) is 0 Å². The number of hydrogen-bond acceptors (Lipinski definition) is 3. The molecule has 1 aliphatic heterocycles. The van der Waals surface area contributed by atoms with Gasteiger partial charge in [-0.2, -0.15) is 0 Å². The molecule has 0 aliphatic carbocycles. The monoisotopic (exact) mass is 304 g/mol. The van der Waals surface area contributed by atoms with Gasteiger partial charge in [-0.25, -0.2) is 0 Å². The van der Waals surface area contributed by atoms with E-state index in [-0.39, 0.29) is 6.04 Å². The van der Waals surface area contributed by atoms with Crippen molar-refractivity contribution in [1.82, 2.24) is 10.3 Å². The van der Waals surface area contributed by atoms with Crippen molar-refractivity contribution in [2.45, 2.75) is 30.3 Å². The lowest BCUT2D eigenvalue weighted by molar-refractivity contribution is 0.444. The zero-order valence-electron chi connectivity index (χ0n) is 11.3. The maximum atomic E-state index is 6.15. The smallest absolute Gasteiger partial charge is 0.0570 e. The second-order valence-corrected chi connectivity index (χ2v) is 6.59. The Morgan fingerprint density at radius 1 is 1.35 bits per heavy atom. The highest BCUT2D eigenvalue weighted by atomic mass is 35.5. The number of halogens is 1. The zero-order valence-corrected chi connectivity index (χ0v) is 12.9. The van der Waals surface area contributed by atoms with E-state index in [1.54, 1.807) is 0 Å². The number of pyridine rings is 1. The maximum Gasteiger partial charge on any atom is 0.0570 e. The largest absolute Gasteiger partial charge is 0.302 e. The van der Waals surface area contributed by atoms with Crippen LogP contribution in [0.25, 0.3) is 0 Å². The Hall–Kier alpha value is -1.03. The average Bonchev–Trinajstić information content (AvgIpc) is 2.49. The number of hydrogen-bond donors (Lipinski definition) is 1. The molecule has 1 aromatic heterocycles. The summed E-state index contributed by atoms with van der Waals surface area (Å²) in [6.07, 6.45) is 2.96. The summed E-state index contributed by atoms with van der Waals surface area (Å²) in [4.78, 5) is 5.76. The Bertz CT molecular complexity index is 588. The summed E-state index contributed by atoms with van der Waals surface area (Å²) in [5.74, 6) is 1.14. The van der Waals surface area contributed by atoms with Crippen LogP contribution in [0.5, 0.6) is 0 Å². The molecule has 104 valence electrons. The summed E-state index contributed by atoms with van der Waals surface area (Å²) in [6, 6.07) is 12.8. The van der Waals surface area contributed by atoms with E-state index in [0.29, 0.717) is 6.04 Å². The van der Waals surface area contributed by atoms with E-state index in [1.165, 1.54) is 10.5 Å². The van der Waals surface area contributed by atoms with E-state index in [1.807, 2.05) is 36.2 Å². The van der Waals surface area contributed by atoms with Crippen LogP contribution in [0, 0.1) is 0 Å². The third kappa shape index (κ3) is 3.00. The van der Waals surface area contributed by atoms with Gasteiger partial charge in [-0.3, -0.25) is 4.98 Å². The Kier molecular flexibility index (Phi) is 4.29. The van der Waals surface area contributed by atoms with Gasteiger partial charge in [0.1, 0.15) is 0 Å². The molecule has 1 aromatic carbocycles. The van der Waals surface area contributed by atoms with Crippen LogP contribution < -0.4 is 5.32 Å². The molecule has 20 heavy (non-hydrogen) atoms. The first-order chi connectivity index (χ1) is 9.74. The van der Waals surface area contributed by atoms with Crippen LogP contribution in [0.15, 0.2) is 47.5 Å². The molecule has 2 atom stereocenters. The second kappa shape index (κ2) is 6.17. The van der Waals surface area contributed by atoms with Crippen molar-refractivity contribution in [2.24, 2.45) is 0 Å². The van der Waals surface area contributed by atoms with Gasteiger partial charge in [-0.15, -0.1) is 11.8 Å². The Morgan fingerprint density at radius 3 is 3.05 bits per heavy atom. The molecule has 2 nitrogen and oxygen atoms in total. The topological polar surface area (TPSA) is 24.9 Å². The molecule has 0 saturated heterocycles. The summed E-state index contributed by atoms with van der Waals surface area (Å²) in [5.41, 5.74) is 2.39. The molecule has 0 bridgehead atoms. The average molecular weight is 305 g/mol. The third-order valence-corrected chi connectivity index (χ3v) is 4.95. The normalized spacial score (nSPS) is 19.4. The zero-order chi connectivity index (χ0) is 13.9. The van der Waals surface area contributed by atoms with Gasteiger partial charge in [0.2, 0.25) is 0 Å². The minimum atomic E-state index is 0.233. The van der Waals surface area contributed by atoms with Gasteiger partial charge >= 0.3 is 0 Å². The van der Waals surface area contributed by atoms with E-state index in [2.05, 4.69) is 35.4 Å². The number of nitrogens with zero attached hydrogens (tertiary/aromatic N) is 1. The fourth-order valence-corrected chi connectivity index (χ4v) is 3.84. The van der Waals surface area contributed by atoms with Crippen LogP contribution >= 0.6 is 23.4 Å². The molecule has 1 unspecified atom stereocenters. The van der Waals surface area contributed by atoms with E-state index >= 15 is 0 Å². The minimum absolute atomic E-state index is 0.233. The van der Waals surface area contributed by atoms with E-state index < -0.39 is 0 Å². The van der Waals surface area contributed by atoms with Gasteiger partial charge in [0.25, 0.3) is 0 Å². The van der Waals surface area contributed by atoms with Gasteiger partial charge in [0.15, 0.2) is 0 Å². The van der Waals surface area contributed by atoms with Gasteiger partial charge in [0, 0.05) is 28.2 Å². The molecule has 0 saturated carbocycles. The van der Waals surface area contributed by atoms with Gasteiger partial charge in [-0.05, 0) is 55.0 Å². The first-order valence-electron chi connectivity index (χ1n) is 6.83. The molecule has 0 spiro atoms. The molecule has 1 N–H and O–H groups in total. The molecular weight excluding hydrogens is 288 g/mol. The van der Waals surface area contributed by atoms with E-state index in [9.17, 15) is 0 Å². The van der Waals surface area contributed by atoms with Crippen LogP contribution in [-0.2, 0) is 0 Å². The Balaban J connectivity index is 1.81. The predicted octanol–water partition coefficient (Wildman–Crippen LogP) is 4.62. The van der Waals surface area contributed by atoms with E-state index in [4.69, 9.17) is 11.6 Å². The molecule has 0 fully saturated rings. The Morgan fingerprint density at radius 2 is 2.25 bits per heavy atom. The molecule has 3 rings (SSSR count). The molecular formula is C16H17ClN2S. The number of rotatable bonds is 3. The summed E-state index contributed by atoms with van der Waals surface area (Å²) in [7, 11) is 0. The number of nitrogens with one attached hydrogen (secondary N) is 1. The number of thioether (sulfide) groups is 1. The van der Waals surface area contributed by atoms with Crippen LogP contribution in [0.2, 0.25) is 5.02 Å². The first kappa shape index (κ1) is 13.9. The lowest BCUT2D eigenvalue weighted by atomic mass is 10.0. The van der Waals surface area contributed by atoms with Crippen molar-refractivity contribution >= 4 is 23.4 Å². The second-order valence-electron chi connectivity index (χ2n) is 5.01. The fourth-order valence-electron chi connectivity index (χ4n) is 2.56. The molecule has 4 heteroatoms. The lowest BCUT2D eigenvalue weighted by Gasteiger charge is -2.29. The number of fused-ring (bicyclic) bond motifs is 1. The first-order valence-corrected chi connectivity index (χ1v) is 8.19. The summed E-state index contributed by atoms with van der Waals surface area (Å²) in [5, 5.41) is 4.49. The SMILES string of the molecule is C[C@@H](NC1CCSc2ccc(Cl)cc21)c1ccccn1. The molecule has 2 heterocycles. The highest BCUT2D eigenvalue weighted by Gasteiger charge is 2.22. The van der Waals surface area contributed by atoms with Gasteiger partial charge < -0.3 is 5.32 Å². The number of aromatic nitrogens is 1. The Labute approximate surface area is 129 Å². The van der Waals surface area contributed by atoms with Crippen LogP contribution in [0.1, 0.15) is 36.7 Å². The molecule has 1 aliphatic rings. The minimum Gasteiger partial charge on any atom is -0.302 e. The van der Waals surface area contributed by atoms with Crippen molar-refractivity contribution in [1.29, 1.82) is 0 Å². The van der Waals surface area contributed by atoms with Crippen LogP contribution in [0.3, 0.4) is 0 Å². The van der Waals surface area contributed by atoms with Crippen molar-refractivity contribution in [3.63, 3.8) is 0 Å². The quantitative estimate of drug-likeness (QED) is 0.895. The predicted molar refractivity (Wildman–Crippen MR) is 85.3 cm³/mol. The van der Waals surface area contributed by atoms with Crippen LogP contribution in [-0.4, -0.2) is 10.7 Å². The molecule has 0 radical (unpaired) electrons. The van der Waals surface area contributed by atoms with Gasteiger partial charge in [0.05, 0.1) is 5.69 Å². The third-order valence-electron chi connectivity index (χ3n) is 3.59. The maximum absolute atomic E-state index is 6.15. The molecule has 2 aromatic rings. The summed E-state index contributed by atoms with van der Waals surface area (Å²) >= 11 is 8.06. The fraction of sp³-hybridized carbons (Fsp3) is 0.312.